The van der Waals surface area contributed by atoms with Gasteiger partial charge in [0, 0.05) is 16.9 Å². The number of benzene rings is 1. The first-order valence-electron chi connectivity index (χ1n) is 14.4. The lowest BCUT2D eigenvalue weighted by atomic mass is 9.52. The average molecular weight is 587 g/mol. The Kier molecular flexibility index (Phi) is 7.97. The predicted molar refractivity (Wildman–Crippen MR) is 141 cm³/mol. The lowest BCUT2D eigenvalue weighted by Gasteiger charge is -2.54. The molecule has 0 spiro atoms. The summed E-state index contributed by atoms with van der Waals surface area (Å²) in [7, 11) is 0. The fourth-order valence-corrected chi connectivity index (χ4v) is 7.94. The van der Waals surface area contributed by atoms with Crippen LogP contribution in [0.5, 0.6) is 0 Å². The van der Waals surface area contributed by atoms with Crippen molar-refractivity contribution in [2.75, 3.05) is 26.4 Å². The smallest absolute Gasteiger partial charge is 0.383 e. The molecule has 6 unspecified atom stereocenters. The molecule has 1 saturated heterocycles. The SMILES string of the molecule is CC1(C)COCCC2=C3C(c4ccc(C=O)cc4)CC4(C)C(OC(F)(F)C(F)(F)F)CCC4C3CCC2(O)COC1. The summed E-state index contributed by atoms with van der Waals surface area (Å²) in [4.78, 5) is 11.3. The molecule has 0 radical (unpaired) electrons. The molecule has 5 rings (SSSR count). The minimum absolute atomic E-state index is 0.0916. The second-order valence-electron chi connectivity index (χ2n) is 13.4. The number of alkyl halides is 5. The van der Waals surface area contributed by atoms with Crippen LogP contribution in [0.25, 0.3) is 0 Å². The average Bonchev–Trinajstić information content (AvgIpc) is 3.21. The molecule has 5 nitrogen and oxygen atoms in total. The van der Waals surface area contributed by atoms with E-state index in [1.165, 1.54) is 0 Å². The largest absolute Gasteiger partial charge is 0.482 e. The summed E-state index contributed by atoms with van der Waals surface area (Å²) in [6.07, 6.45) is -9.40. The second kappa shape index (κ2) is 10.7. The molecular formula is C31H39F5O5. The first kappa shape index (κ1) is 30.6. The Morgan fingerprint density at radius 1 is 0.976 bits per heavy atom. The number of rotatable bonds is 4. The van der Waals surface area contributed by atoms with Crippen LogP contribution in [-0.4, -0.2) is 61.8 Å². The predicted octanol–water partition coefficient (Wildman–Crippen LogP) is 6.84. The van der Waals surface area contributed by atoms with Crippen LogP contribution < -0.4 is 0 Å². The number of allylic oxidation sites excluding steroid dienone is 1. The fraction of sp³-hybridized carbons (Fsp3) is 0.710. The van der Waals surface area contributed by atoms with Crippen molar-refractivity contribution in [1.82, 2.24) is 0 Å². The van der Waals surface area contributed by atoms with Gasteiger partial charge in [-0.2, -0.15) is 22.0 Å². The molecule has 3 fully saturated rings. The molecule has 3 aliphatic carbocycles. The van der Waals surface area contributed by atoms with E-state index in [9.17, 15) is 31.9 Å². The van der Waals surface area contributed by atoms with Gasteiger partial charge in [-0.25, -0.2) is 0 Å². The summed E-state index contributed by atoms with van der Waals surface area (Å²) in [6.45, 7) is 7.25. The third kappa shape index (κ3) is 5.61. The van der Waals surface area contributed by atoms with E-state index in [1.54, 1.807) is 31.2 Å². The molecule has 228 valence electrons. The van der Waals surface area contributed by atoms with Crippen LogP contribution >= 0.6 is 0 Å². The molecule has 10 heteroatoms. The highest BCUT2D eigenvalue weighted by atomic mass is 19.4. The molecule has 4 aliphatic rings. The van der Waals surface area contributed by atoms with Gasteiger partial charge in [0.25, 0.3) is 0 Å². The Morgan fingerprint density at radius 3 is 2.32 bits per heavy atom. The van der Waals surface area contributed by atoms with E-state index in [2.05, 4.69) is 4.74 Å². The van der Waals surface area contributed by atoms with Gasteiger partial charge in [-0.05, 0) is 66.9 Å². The Hall–Kier alpha value is -1.88. The van der Waals surface area contributed by atoms with Gasteiger partial charge >= 0.3 is 12.3 Å². The Balaban J connectivity index is 1.59. The topological polar surface area (TPSA) is 65.0 Å². The van der Waals surface area contributed by atoms with Crippen molar-refractivity contribution in [2.45, 2.75) is 89.2 Å². The van der Waals surface area contributed by atoms with E-state index in [4.69, 9.17) is 9.47 Å². The van der Waals surface area contributed by atoms with Gasteiger partial charge in [0.15, 0.2) is 0 Å². The summed E-state index contributed by atoms with van der Waals surface area (Å²) in [5.74, 6) is -0.690. The van der Waals surface area contributed by atoms with Gasteiger partial charge in [-0.1, -0.05) is 50.6 Å². The van der Waals surface area contributed by atoms with E-state index in [-0.39, 0.29) is 42.6 Å². The molecule has 2 saturated carbocycles. The Labute approximate surface area is 237 Å². The van der Waals surface area contributed by atoms with Crippen LogP contribution in [0, 0.1) is 22.7 Å². The van der Waals surface area contributed by atoms with E-state index in [0.717, 1.165) is 23.0 Å². The van der Waals surface area contributed by atoms with E-state index in [1.807, 2.05) is 13.8 Å². The molecule has 1 aliphatic heterocycles. The Bertz CT molecular complexity index is 1160. The van der Waals surface area contributed by atoms with Gasteiger partial charge in [0.05, 0.1) is 32.5 Å². The molecule has 6 atom stereocenters. The minimum atomic E-state index is -5.81. The third-order valence-corrected chi connectivity index (χ3v) is 9.92. The maximum absolute atomic E-state index is 14.2. The normalized spacial score (nSPS) is 36.2. The number of aldehydes is 1. The van der Waals surface area contributed by atoms with Crippen LogP contribution in [0.4, 0.5) is 22.0 Å². The van der Waals surface area contributed by atoms with Crippen molar-refractivity contribution in [3.63, 3.8) is 0 Å². The monoisotopic (exact) mass is 586 g/mol. The van der Waals surface area contributed by atoms with Gasteiger partial charge in [0.2, 0.25) is 0 Å². The van der Waals surface area contributed by atoms with Crippen molar-refractivity contribution < 1.29 is 46.1 Å². The fourth-order valence-electron chi connectivity index (χ4n) is 7.94. The number of ether oxygens (including phenoxy) is 3. The van der Waals surface area contributed by atoms with Crippen LogP contribution in [-0.2, 0) is 14.2 Å². The van der Waals surface area contributed by atoms with E-state index in [0.29, 0.717) is 51.1 Å². The van der Waals surface area contributed by atoms with Gasteiger partial charge in [-0.15, -0.1) is 0 Å². The molecule has 0 bridgehead atoms. The molecule has 41 heavy (non-hydrogen) atoms. The lowest BCUT2D eigenvalue weighted by molar-refractivity contribution is -0.408. The molecule has 0 aromatic heterocycles. The molecule has 1 heterocycles. The summed E-state index contributed by atoms with van der Waals surface area (Å²) in [5, 5.41) is 12.0. The molecule has 0 amide bonds. The minimum Gasteiger partial charge on any atom is -0.383 e. The van der Waals surface area contributed by atoms with Crippen LogP contribution in [0.3, 0.4) is 0 Å². The lowest BCUT2D eigenvalue weighted by Crippen LogP contribution is -2.52. The Morgan fingerprint density at radius 2 is 1.66 bits per heavy atom. The maximum atomic E-state index is 14.2. The van der Waals surface area contributed by atoms with E-state index < -0.39 is 29.4 Å². The summed E-state index contributed by atoms with van der Waals surface area (Å²) in [6, 6.07) is 6.96. The third-order valence-electron chi connectivity index (χ3n) is 9.92. The number of carbonyl (C=O) groups is 1. The first-order chi connectivity index (χ1) is 19.1. The zero-order valence-corrected chi connectivity index (χ0v) is 23.7. The summed E-state index contributed by atoms with van der Waals surface area (Å²) >= 11 is 0. The van der Waals surface area contributed by atoms with Crippen LogP contribution in [0.1, 0.15) is 81.1 Å². The number of carbonyl (C=O) groups excluding carboxylic acids is 1. The van der Waals surface area contributed by atoms with Crippen molar-refractivity contribution in [2.24, 2.45) is 22.7 Å². The van der Waals surface area contributed by atoms with Crippen LogP contribution in [0.2, 0.25) is 0 Å². The zero-order chi connectivity index (χ0) is 29.8. The van der Waals surface area contributed by atoms with Gasteiger partial charge < -0.3 is 19.3 Å². The molecule has 1 aromatic rings. The van der Waals surface area contributed by atoms with Crippen LogP contribution in [0.15, 0.2) is 35.4 Å². The van der Waals surface area contributed by atoms with E-state index >= 15 is 0 Å². The zero-order valence-electron chi connectivity index (χ0n) is 23.7. The number of halogens is 5. The summed E-state index contributed by atoms with van der Waals surface area (Å²) in [5.41, 5.74) is 0.707. The highest BCUT2D eigenvalue weighted by Gasteiger charge is 2.65. The van der Waals surface area contributed by atoms with Crippen molar-refractivity contribution in [3.05, 3.63) is 46.5 Å². The number of aliphatic hydroxyl groups is 1. The maximum Gasteiger partial charge on any atom is 0.482 e. The standard InChI is InChI=1S/C31H39F5O5/c1-27(2)16-39-13-11-24-26-21(10-12-29(24,38)18-40-17-27)23-8-9-25(41-31(35,36)30(32,33)34)28(23,3)14-22(26)20-6-4-19(15-37)5-7-20/h4-7,15,21-23,25,38H,8-14,16-18H2,1-3H3. The first-order valence-corrected chi connectivity index (χ1v) is 14.4. The molecule has 1 N–H and O–H groups in total. The molecule has 1 aromatic carbocycles. The summed E-state index contributed by atoms with van der Waals surface area (Å²) < 4.78 is 84.5. The number of fused-ring (bicyclic) bond motifs is 4. The quantitative estimate of drug-likeness (QED) is 0.238. The molecular weight excluding hydrogens is 547 g/mol. The number of hydrogen-bond donors (Lipinski definition) is 1. The van der Waals surface area contributed by atoms with Crippen molar-refractivity contribution >= 4 is 6.29 Å². The van der Waals surface area contributed by atoms with Gasteiger partial charge in [-0.3, -0.25) is 4.79 Å². The number of hydrogen-bond acceptors (Lipinski definition) is 5. The van der Waals surface area contributed by atoms with Gasteiger partial charge in [0.1, 0.15) is 11.9 Å². The van der Waals surface area contributed by atoms with Crippen molar-refractivity contribution in [3.8, 4) is 0 Å². The second-order valence-corrected chi connectivity index (χ2v) is 13.4. The van der Waals surface area contributed by atoms with Crippen molar-refractivity contribution in [1.29, 1.82) is 0 Å². The highest BCUT2D eigenvalue weighted by Crippen LogP contribution is 2.65. The highest BCUT2D eigenvalue weighted by molar-refractivity contribution is 5.74.